The zero-order chi connectivity index (χ0) is 20.4. The second kappa shape index (κ2) is 7.85. The number of nitrogens with one attached hydrogen (secondary N) is 1. The molecule has 0 aliphatic heterocycles. The molecule has 1 aromatic heterocycles. The smallest absolute Gasteiger partial charge is 0.248 e. The van der Waals surface area contributed by atoms with E-state index in [4.69, 9.17) is 9.47 Å². The summed E-state index contributed by atoms with van der Waals surface area (Å²) in [5.74, 6) is -0.132. The fraction of sp³-hybridized carbons (Fsp3) is 0.348. The summed E-state index contributed by atoms with van der Waals surface area (Å²) in [4.78, 5) is 7.90. The predicted octanol–water partition coefficient (Wildman–Crippen LogP) is 6.09. The normalized spacial score (nSPS) is 17.1. The molecule has 0 amide bonds. The van der Waals surface area contributed by atoms with Gasteiger partial charge < -0.3 is 14.5 Å². The molecule has 0 saturated heterocycles. The molecule has 0 bridgehead atoms. The standard InChI is InChI=1S/C23H24F2N2O2/c1-28-19-4-3-5-20(29-2)22(19)16-7-8-17-18(14-16)27-21(26-17)9-6-15-10-12-23(24,25)13-11-15/h3-9,14-15H,10-13H2,1-2H3,(H,26,27)/b9-6+. The van der Waals surface area contributed by atoms with Gasteiger partial charge in [-0.25, -0.2) is 13.8 Å². The van der Waals surface area contributed by atoms with Gasteiger partial charge in [-0.05, 0) is 54.7 Å². The third kappa shape index (κ3) is 4.11. The van der Waals surface area contributed by atoms with Crippen LogP contribution in [0.1, 0.15) is 31.5 Å². The molecule has 1 fully saturated rings. The molecular weight excluding hydrogens is 374 g/mol. The Morgan fingerprint density at radius 1 is 1.07 bits per heavy atom. The number of aromatic nitrogens is 2. The number of halogens is 2. The summed E-state index contributed by atoms with van der Waals surface area (Å²) >= 11 is 0. The molecule has 1 aliphatic rings. The van der Waals surface area contributed by atoms with Gasteiger partial charge >= 0.3 is 0 Å². The molecule has 3 aromatic rings. The third-order valence-electron chi connectivity index (χ3n) is 5.50. The minimum absolute atomic E-state index is 0.0355. The average Bonchev–Trinajstić information content (AvgIpc) is 3.14. The summed E-state index contributed by atoms with van der Waals surface area (Å²) in [5, 5.41) is 0. The van der Waals surface area contributed by atoms with E-state index in [1.165, 1.54) is 0 Å². The molecule has 29 heavy (non-hydrogen) atoms. The van der Waals surface area contributed by atoms with Crippen molar-refractivity contribution in [3.05, 3.63) is 48.3 Å². The monoisotopic (exact) mass is 398 g/mol. The first-order valence-electron chi connectivity index (χ1n) is 9.76. The molecule has 1 saturated carbocycles. The minimum atomic E-state index is -2.50. The van der Waals surface area contributed by atoms with E-state index in [2.05, 4.69) is 9.97 Å². The molecule has 0 radical (unpaired) electrons. The molecule has 4 nitrogen and oxygen atoms in total. The van der Waals surface area contributed by atoms with Gasteiger partial charge in [0.1, 0.15) is 17.3 Å². The first-order chi connectivity index (χ1) is 14.0. The summed E-state index contributed by atoms with van der Waals surface area (Å²) in [6.07, 6.45) is 4.86. The predicted molar refractivity (Wildman–Crippen MR) is 111 cm³/mol. The SMILES string of the molecule is COc1cccc(OC)c1-c1ccc2nc(/C=C/C3CCC(F)(F)CC3)[nH]c2c1. The summed E-state index contributed by atoms with van der Waals surface area (Å²) in [6.45, 7) is 0. The van der Waals surface area contributed by atoms with Gasteiger partial charge in [-0.2, -0.15) is 0 Å². The van der Waals surface area contributed by atoms with Crippen LogP contribution >= 0.6 is 0 Å². The first kappa shape index (κ1) is 19.4. The Balaban J connectivity index is 1.60. The van der Waals surface area contributed by atoms with Gasteiger partial charge in [0.05, 0.1) is 30.8 Å². The van der Waals surface area contributed by atoms with Crippen molar-refractivity contribution >= 4 is 17.1 Å². The molecule has 1 N–H and O–H groups in total. The lowest BCUT2D eigenvalue weighted by atomic mass is 9.86. The number of hydrogen-bond acceptors (Lipinski definition) is 3. The summed E-state index contributed by atoms with van der Waals surface area (Å²) in [7, 11) is 3.27. The van der Waals surface area contributed by atoms with Crippen molar-refractivity contribution in [2.45, 2.75) is 31.6 Å². The molecule has 0 spiro atoms. The summed E-state index contributed by atoms with van der Waals surface area (Å²) < 4.78 is 37.6. The zero-order valence-electron chi connectivity index (χ0n) is 16.5. The van der Waals surface area contributed by atoms with E-state index in [1.807, 2.05) is 48.6 Å². The van der Waals surface area contributed by atoms with Crippen LogP contribution in [0.25, 0.3) is 28.2 Å². The van der Waals surface area contributed by atoms with Gasteiger partial charge in [-0.3, -0.25) is 0 Å². The van der Waals surface area contributed by atoms with Gasteiger partial charge in [-0.1, -0.05) is 18.2 Å². The van der Waals surface area contributed by atoms with E-state index in [0.717, 1.165) is 39.5 Å². The van der Waals surface area contributed by atoms with E-state index in [0.29, 0.717) is 12.8 Å². The van der Waals surface area contributed by atoms with Crippen LogP contribution in [0.4, 0.5) is 8.78 Å². The van der Waals surface area contributed by atoms with Crippen LogP contribution in [0, 0.1) is 5.92 Å². The number of rotatable bonds is 5. The van der Waals surface area contributed by atoms with Crippen molar-refractivity contribution in [1.82, 2.24) is 9.97 Å². The van der Waals surface area contributed by atoms with Crippen molar-refractivity contribution in [3.8, 4) is 22.6 Å². The second-order valence-corrected chi connectivity index (χ2v) is 7.44. The number of hydrogen-bond donors (Lipinski definition) is 1. The third-order valence-corrected chi connectivity index (χ3v) is 5.50. The van der Waals surface area contributed by atoms with E-state index in [1.54, 1.807) is 14.2 Å². The quantitative estimate of drug-likeness (QED) is 0.566. The lowest BCUT2D eigenvalue weighted by Gasteiger charge is -2.26. The molecular formula is C23H24F2N2O2. The van der Waals surface area contributed by atoms with Crippen molar-refractivity contribution in [1.29, 1.82) is 0 Å². The highest BCUT2D eigenvalue weighted by molar-refractivity contribution is 5.86. The van der Waals surface area contributed by atoms with Crippen LogP contribution < -0.4 is 9.47 Å². The van der Waals surface area contributed by atoms with Gasteiger partial charge in [0.25, 0.3) is 0 Å². The Morgan fingerprint density at radius 3 is 2.41 bits per heavy atom. The van der Waals surface area contributed by atoms with E-state index >= 15 is 0 Å². The molecule has 1 aliphatic carbocycles. The molecule has 152 valence electrons. The maximum atomic E-state index is 13.3. The van der Waals surface area contributed by atoms with Gasteiger partial charge in [0.15, 0.2) is 0 Å². The number of H-pyrrole nitrogens is 1. The Bertz CT molecular complexity index is 1010. The van der Waals surface area contributed by atoms with Crippen molar-refractivity contribution in [2.24, 2.45) is 5.92 Å². The van der Waals surface area contributed by atoms with E-state index in [9.17, 15) is 8.78 Å². The van der Waals surface area contributed by atoms with Crippen LogP contribution in [0.5, 0.6) is 11.5 Å². The lowest BCUT2D eigenvalue weighted by molar-refractivity contribution is -0.0410. The number of fused-ring (bicyclic) bond motifs is 1. The van der Waals surface area contributed by atoms with Gasteiger partial charge in [0.2, 0.25) is 5.92 Å². The Morgan fingerprint density at radius 2 is 1.76 bits per heavy atom. The highest BCUT2D eigenvalue weighted by Crippen LogP contribution is 2.39. The van der Waals surface area contributed by atoms with E-state index < -0.39 is 5.92 Å². The highest BCUT2D eigenvalue weighted by Gasteiger charge is 2.33. The zero-order valence-corrected chi connectivity index (χ0v) is 16.5. The number of methoxy groups -OCH3 is 2. The highest BCUT2D eigenvalue weighted by atomic mass is 19.3. The minimum Gasteiger partial charge on any atom is -0.496 e. The summed E-state index contributed by atoms with van der Waals surface area (Å²) in [6, 6.07) is 11.6. The largest absolute Gasteiger partial charge is 0.496 e. The molecule has 0 unspecified atom stereocenters. The lowest BCUT2D eigenvalue weighted by Crippen LogP contribution is -2.23. The van der Waals surface area contributed by atoms with Crippen LogP contribution in [0.2, 0.25) is 0 Å². The molecule has 1 heterocycles. The molecule has 2 aromatic carbocycles. The van der Waals surface area contributed by atoms with Crippen LogP contribution in [0.3, 0.4) is 0 Å². The molecule has 0 atom stereocenters. The van der Waals surface area contributed by atoms with Crippen LogP contribution in [-0.4, -0.2) is 30.1 Å². The number of imidazole rings is 1. The first-order valence-corrected chi connectivity index (χ1v) is 9.76. The maximum Gasteiger partial charge on any atom is 0.248 e. The van der Waals surface area contributed by atoms with Gasteiger partial charge in [-0.15, -0.1) is 0 Å². The summed E-state index contributed by atoms with van der Waals surface area (Å²) in [5.41, 5.74) is 3.58. The van der Waals surface area contributed by atoms with E-state index in [-0.39, 0.29) is 18.8 Å². The van der Waals surface area contributed by atoms with Crippen molar-refractivity contribution in [2.75, 3.05) is 14.2 Å². The van der Waals surface area contributed by atoms with Gasteiger partial charge in [0, 0.05) is 12.8 Å². The number of allylic oxidation sites excluding steroid dienone is 1. The fourth-order valence-corrected chi connectivity index (χ4v) is 3.88. The van der Waals surface area contributed by atoms with Crippen molar-refractivity contribution < 1.29 is 18.3 Å². The van der Waals surface area contributed by atoms with Crippen molar-refractivity contribution in [3.63, 3.8) is 0 Å². The fourth-order valence-electron chi connectivity index (χ4n) is 3.88. The number of ether oxygens (including phenoxy) is 2. The molecule has 6 heteroatoms. The number of alkyl halides is 2. The number of nitrogens with zero attached hydrogens (tertiary/aromatic N) is 1. The average molecular weight is 398 g/mol. The van der Waals surface area contributed by atoms with Crippen LogP contribution in [0.15, 0.2) is 42.5 Å². The Labute approximate surface area is 168 Å². The Hall–Kier alpha value is -2.89. The Kier molecular flexibility index (Phi) is 5.26. The maximum absolute atomic E-state index is 13.3. The number of aromatic amines is 1. The number of benzene rings is 2. The van der Waals surface area contributed by atoms with Crippen LogP contribution in [-0.2, 0) is 0 Å². The second-order valence-electron chi connectivity index (χ2n) is 7.44. The molecule has 4 rings (SSSR count). The topological polar surface area (TPSA) is 47.1 Å².